The first kappa shape index (κ1) is 17.8. The summed E-state index contributed by atoms with van der Waals surface area (Å²) < 4.78 is 6.09. The molecule has 2 atom stereocenters. The van der Waals surface area contributed by atoms with Gasteiger partial charge in [0.25, 0.3) is 0 Å². The van der Waals surface area contributed by atoms with Gasteiger partial charge in [-0.05, 0) is 68.5 Å². The van der Waals surface area contributed by atoms with Crippen LogP contribution < -0.4 is 4.74 Å². The van der Waals surface area contributed by atoms with Crippen LogP contribution in [0.15, 0.2) is 48.5 Å². The molecule has 0 aliphatic heterocycles. The van der Waals surface area contributed by atoms with Crippen molar-refractivity contribution in [3.05, 3.63) is 59.7 Å². The quantitative estimate of drug-likeness (QED) is 0.810. The number of rotatable bonds is 7. The molecule has 3 nitrogen and oxygen atoms in total. The van der Waals surface area contributed by atoms with Crippen LogP contribution in [-0.4, -0.2) is 35.2 Å². The highest BCUT2D eigenvalue weighted by molar-refractivity contribution is 5.41. The van der Waals surface area contributed by atoms with Gasteiger partial charge in [-0.2, -0.15) is 0 Å². The lowest BCUT2D eigenvalue weighted by molar-refractivity contribution is 0.105. The smallest absolute Gasteiger partial charge is 0.119 e. The summed E-state index contributed by atoms with van der Waals surface area (Å²) >= 11 is 0. The highest BCUT2D eigenvalue weighted by Crippen LogP contribution is 2.31. The van der Waals surface area contributed by atoms with Crippen LogP contribution in [0.5, 0.6) is 11.5 Å². The minimum atomic E-state index is 0.152. The first-order valence-electron chi connectivity index (χ1n) is 9.43. The van der Waals surface area contributed by atoms with Gasteiger partial charge in [0.15, 0.2) is 0 Å². The number of fused-ring (bicyclic) bond motifs is 1. The van der Waals surface area contributed by atoms with Gasteiger partial charge in [-0.1, -0.05) is 37.3 Å². The van der Waals surface area contributed by atoms with Crippen LogP contribution in [0.2, 0.25) is 0 Å². The van der Waals surface area contributed by atoms with Crippen LogP contribution in [0.1, 0.15) is 37.8 Å². The summed E-state index contributed by atoms with van der Waals surface area (Å²) in [6.07, 6.45) is 4.37. The summed E-state index contributed by atoms with van der Waals surface area (Å²) in [6, 6.07) is 16.5. The lowest BCUT2D eigenvalue weighted by atomic mass is 9.86. The molecule has 0 spiro atoms. The van der Waals surface area contributed by atoms with Crippen LogP contribution in [-0.2, 0) is 12.8 Å². The first-order chi connectivity index (χ1) is 12.2. The van der Waals surface area contributed by atoms with Gasteiger partial charge >= 0.3 is 0 Å². The topological polar surface area (TPSA) is 32.7 Å². The van der Waals surface area contributed by atoms with Crippen molar-refractivity contribution in [1.29, 1.82) is 0 Å². The minimum absolute atomic E-state index is 0.152. The van der Waals surface area contributed by atoms with E-state index < -0.39 is 0 Å². The van der Waals surface area contributed by atoms with E-state index in [-0.39, 0.29) is 6.10 Å². The Morgan fingerprint density at radius 3 is 2.72 bits per heavy atom. The molecule has 2 aromatic carbocycles. The van der Waals surface area contributed by atoms with E-state index in [2.05, 4.69) is 24.8 Å². The standard InChI is InChI=1S/C22H29NO2/c1-3-14-23(16-17(2)25-20-9-5-4-6-10-20)19-12-13-21-18(15-19)8-7-11-22(21)24/h4-11,17,19,24H,3,12-16H2,1-2H3. The van der Waals surface area contributed by atoms with Gasteiger partial charge in [-0.25, -0.2) is 0 Å². The number of aromatic hydroxyl groups is 1. The summed E-state index contributed by atoms with van der Waals surface area (Å²) in [4.78, 5) is 2.57. The average molecular weight is 339 g/mol. The molecule has 1 aliphatic carbocycles. The second-order valence-corrected chi connectivity index (χ2v) is 7.05. The Hall–Kier alpha value is -2.00. The normalized spacial score (nSPS) is 18.0. The van der Waals surface area contributed by atoms with Crippen LogP contribution in [0.3, 0.4) is 0 Å². The van der Waals surface area contributed by atoms with Gasteiger partial charge in [-0.15, -0.1) is 0 Å². The van der Waals surface area contributed by atoms with E-state index in [1.54, 1.807) is 6.07 Å². The Labute approximate surface area is 151 Å². The maximum atomic E-state index is 10.1. The van der Waals surface area contributed by atoms with Crippen LogP contribution in [0.4, 0.5) is 0 Å². The Bertz CT molecular complexity index is 671. The van der Waals surface area contributed by atoms with Crippen molar-refractivity contribution in [2.45, 2.75) is 51.7 Å². The average Bonchev–Trinajstić information content (AvgIpc) is 2.62. The van der Waals surface area contributed by atoms with E-state index in [1.807, 2.05) is 36.4 Å². The van der Waals surface area contributed by atoms with Crippen molar-refractivity contribution in [2.24, 2.45) is 0 Å². The zero-order valence-electron chi connectivity index (χ0n) is 15.3. The molecule has 3 heteroatoms. The van der Waals surface area contributed by atoms with Crippen LogP contribution >= 0.6 is 0 Å². The number of benzene rings is 2. The third-order valence-electron chi connectivity index (χ3n) is 5.03. The summed E-state index contributed by atoms with van der Waals surface area (Å²) in [5.74, 6) is 1.39. The highest BCUT2D eigenvalue weighted by atomic mass is 16.5. The van der Waals surface area contributed by atoms with Crippen molar-refractivity contribution in [2.75, 3.05) is 13.1 Å². The number of ether oxygens (including phenoxy) is 1. The molecule has 0 saturated carbocycles. The fourth-order valence-electron chi connectivity index (χ4n) is 3.89. The van der Waals surface area contributed by atoms with Gasteiger partial charge in [-0.3, -0.25) is 4.90 Å². The summed E-state index contributed by atoms with van der Waals surface area (Å²) in [5.41, 5.74) is 2.44. The molecule has 0 fully saturated rings. The maximum Gasteiger partial charge on any atom is 0.119 e. The SMILES string of the molecule is CCCN(CC(C)Oc1ccccc1)C1CCc2c(O)cccc2C1. The number of hydrogen-bond acceptors (Lipinski definition) is 3. The molecular formula is C22H29NO2. The second kappa shape index (κ2) is 8.39. The fraction of sp³-hybridized carbons (Fsp3) is 0.455. The molecular weight excluding hydrogens is 310 g/mol. The van der Waals surface area contributed by atoms with E-state index in [4.69, 9.17) is 4.74 Å². The number of para-hydroxylation sites is 1. The molecule has 3 rings (SSSR count). The fourth-order valence-corrected chi connectivity index (χ4v) is 3.89. The molecule has 2 aromatic rings. The molecule has 1 N–H and O–H groups in total. The minimum Gasteiger partial charge on any atom is -0.508 e. The number of phenols is 1. The molecule has 25 heavy (non-hydrogen) atoms. The van der Waals surface area contributed by atoms with Crippen molar-refractivity contribution in [1.82, 2.24) is 4.90 Å². The first-order valence-corrected chi connectivity index (χ1v) is 9.43. The highest BCUT2D eigenvalue weighted by Gasteiger charge is 2.26. The summed E-state index contributed by atoms with van der Waals surface area (Å²) in [5, 5.41) is 10.1. The Morgan fingerprint density at radius 1 is 1.16 bits per heavy atom. The molecule has 1 aliphatic rings. The molecule has 134 valence electrons. The zero-order valence-corrected chi connectivity index (χ0v) is 15.3. The van der Waals surface area contributed by atoms with E-state index in [9.17, 15) is 5.11 Å². The van der Waals surface area contributed by atoms with Crippen molar-refractivity contribution >= 4 is 0 Å². The Kier molecular flexibility index (Phi) is 5.98. The molecule has 0 radical (unpaired) electrons. The van der Waals surface area contributed by atoms with E-state index in [0.717, 1.165) is 50.1 Å². The van der Waals surface area contributed by atoms with Crippen molar-refractivity contribution in [3.8, 4) is 11.5 Å². The second-order valence-electron chi connectivity index (χ2n) is 7.05. The molecule has 0 heterocycles. The van der Waals surface area contributed by atoms with Crippen LogP contribution in [0, 0.1) is 0 Å². The number of phenolic OH excluding ortho intramolecular Hbond substituents is 1. The lowest BCUT2D eigenvalue weighted by Crippen LogP contribution is -2.44. The van der Waals surface area contributed by atoms with Gasteiger partial charge in [0.05, 0.1) is 0 Å². The molecule has 0 amide bonds. The Balaban J connectivity index is 1.65. The Morgan fingerprint density at radius 2 is 1.96 bits per heavy atom. The third-order valence-corrected chi connectivity index (χ3v) is 5.03. The van der Waals surface area contributed by atoms with Crippen LogP contribution in [0.25, 0.3) is 0 Å². The molecule has 0 aromatic heterocycles. The summed E-state index contributed by atoms with van der Waals surface area (Å²) in [7, 11) is 0. The number of hydrogen-bond donors (Lipinski definition) is 1. The molecule has 0 bridgehead atoms. The van der Waals surface area contributed by atoms with E-state index in [1.165, 1.54) is 5.56 Å². The van der Waals surface area contributed by atoms with Gasteiger partial charge < -0.3 is 9.84 Å². The monoisotopic (exact) mass is 339 g/mol. The van der Waals surface area contributed by atoms with Gasteiger partial charge in [0.1, 0.15) is 17.6 Å². The van der Waals surface area contributed by atoms with Gasteiger partial charge in [0, 0.05) is 12.6 Å². The van der Waals surface area contributed by atoms with Crippen molar-refractivity contribution in [3.63, 3.8) is 0 Å². The van der Waals surface area contributed by atoms with Gasteiger partial charge in [0.2, 0.25) is 0 Å². The van der Waals surface area contributed by atoms with Crippen molar-refractivity contribution < 1.29 is 9.84 Å². The van der Waals surface area contributed by atoms with E-state index in [0.29, 0.717) is 11.8 Å². The summed E-state index contributed by atoms with van der Waals surface area (Å²) in [6.45, 7) is 6.40. The lowest BCUT2D eigenvalue weighted by Gasteiger charge is -2.36. The maximum absolute atomic E-state index is 10.1. The predicted molar refractivity (Wildman–Crippen MR) is 102 cm³/mol. The zero-order chi connectivity index (χ0) is 17.6. The predicted octanol–water partition coefficient (Wildman–Crippen LogP) is 4.43. The van der Waals surface area contributed by atoms with E-state index >= 15 is 0 Å². The largest absolute Gasteiger partial charge is 0.508 e. The molecule has 2 unspecified atom stereocenters. The third kappa shape index (κ3) is 4.55. The molecule has 0 saturated heterocycles. The number of nitrogens with zero attached hydrogens (tertiary/aromatic N) is 1.